The van der Waals surface area contributed by atoms with Crippen molar-refractivity contribution in [3.05, 3.63) is 23.7 Å². The first-order valence-corrected chi connectivity index (χ1v) is 9.00. The molecule has 2 N–H and O–H groups in total. The zero-order valence-corrected chi connectivity index (χ0v) is 16.0. The molecule has 1 aromatic heterocycles. The van der Waals surface area contributed by atoms with Crippen molar-refractivity contribution in [3.8, 4) is 0 Å². The Morgan fingerprint density at radius 2 is 2.00 bits per heavy atom. The molecule has 1 saturated heterocycles. The molecule has 0 aromatic carbocycles. The first-order valence-electron chi connectivity index (χ1n) is 9.00. The molecule has 0 bridgehead atoms. The van der Waals surface area contributed by atoms with Gasteiger partial charge in [-0.2, -0.15) is 0 Å². The van der Waals surface area contributed by atoms with Crippen LogP contribution in [0.1, 0.15) is 50.2 Å². The number of carbonyl (C=O) groups is 3. The van der Waals surface area contributed by atoms with E-state index in [1.807, 2.05) is 6.92 Å². The number of ketones is 1. The minimum absolute atomic E-state index is 0.000248. The van der Waals surface area contributed by atoms with E-state index in [1.165, 1.54) is 6.26 Å². The molecule has 1 fully saturated rings. The van der Waals surface area contributed by atoms with Gasteiger partial charge in [0.1, 0.15) is 24.5 Å². The predicted molar refractivity (Wildman–Crippen MR) is 95.7 cm³/mol. The third-order valence-corrected chi connectivity index (χ3v) is 5.07. The number of Topliss-reactive ketones (excluding diaryl/α,β-unsaturated/α-hetero) is 1. The average molecular weight is 364 g/mol. The molecule has 7 nitrogen and oxygen atoms in total. The standard InChI is InChI=1S/C19H28N2O5/c1-10(2)11(3)8-15(20-18(23)14-6-7-25-12(14)4)19(24)21-17-13(5)26-9-16(17)22/h6-7,10-11,13,15,17H,8-9H2,1-5H3,(H,20,23)(H,21,24)/t11?,13-,15?,17-/m0/s1. The van der Waals surface area contributed by atoms with Crippen molar-refractivity contribution in [2.24, 2.45) is 11.8 Å². The Balaban J connectivity index is 2.12. The molecule has 144 valence electrons. The Kier molecular flexibility index (Phi) is 6.58. The first kappa shape index (κ1) is 20.2. The van der Waals surface area contributed by atoms with Crippen LogP contribution in [0, 0.1) is 18.8 Å². The van der Waals surface area contributed by atoms with Crippen LogP contribution in [0.5, 0.6) is 0 Å². The van der Waals surface area contributed by atoms with Crippen LogP contribution in [0.15, 0.2) is 16.7 Å². The lowest BCUT2D eigenvalue weighted by Gasteiger charge is -2.25. The number of furan rings is 1. The second-order valence-electron chi connectivity index (χ2n) is 7.34. The first-order chi connectivity index (χ1) is 12.2. The van der Waals surface area contributed by atoms with E-state index >= 15 is 0 Å². The molecule has 2 rings (SSSR count). The zero-order valence-electron chi connectivity index (χ0n) is 16.0. The van der Waals surface area contributed by atoms with E-state index in [1.54, 1.807) is 19.9 Å². The molecular formula is C19H28N2O5. The van der Waals surface area contributed by atoms with Gasteiger partial charge in [-0.05, 0) is 38.2 Å². The molecular weight excluding hydrogens is 336 g/mol. The second-order valence-corrected chi connectivity index (χ2v) is 7.34. The van der Waals surface area contributed by atoms with Gasteiger partial charge in [0, 0.05) is 0 Å². The molecule has 2 amide bonds. The summed E-state index contributed by atoms with van der Waals surface area (Å²) in [6.07, 6.45) is 1.54. The summed E-state index contributed by atoms with van der Waals surface area (Å²) in [4.78, 5) is 37.2. The van der Waals surface area contributed by atoms with Crippen molar-refractivity contribution in [3.63, 3.8) is 0 Å². The van der Waals surface area contributed by atoms with Gasteiger partial charge in [-0.1, -0.05) is 20.8 Å². The second kappa shape index (κ2) is 8.49. The molecule has 2 unspecified atom stereocenters. The number of nitrogens with one attached hydrogen (secondary N) is 2. The SMILES string of the molecule is Cc1occc1C(=O)NC(CC(C)C(C)C)C(=O)N[C@@H]1C(=O)CO[C@H]1C. The highest BCUT2D eigenvalue weighted by atomic mass is 16.5. The van der Waals surface area contributed by atoms with Crippen LogP contribution in [0.25, 0.3) is 0 Å². The van der Waals surface area contributed by atoms with Gasteiger partial charge in [-0.25, -0.2) is 0 Å². The summed E-state index contributed by atoms with van der Waals surface area (Å²) in [6.45, 7) is 9.61. The minimum atomic E-state index is -0.741. The average Bonchev–Trinajstić information content (AvgIpc) is 3.14. The molecule has 0 saturated carbocycles. The summed E-state index contributed by atoms with van der Waals surface area (Å²) in [5.41, 5.74) is 0.397. The maximum Gasteiger partial charge on any atom is 0.255 e. The van der Waals surface area contributed by atoms with Gasteiger partial charge in [-0.15, -0.1) is 0 Å². The van der Waals surface area contributed by atoms with Crippen molar-refractivity contribution in [2.45, 2.75) is 59.2 Å². The Morgan fingerprint density at radius 1 is 1.31 bits per heavy atom. The third kappa shape index (κ3) is 4.72. The molecule has 0 aliphatic carbocycles. The zero-order chi connectivity index (χ0) is 19.4. The summed E-state index contributed by atoms with van der Waals surface area (Å²) < 4.78 is 10.4. The van der Waals surface area contributed by atoms with Gasteiger partial charge in [-0.3, -0.25) is 14.4 Å². The van der Waals surface area contributed by atoms with Crippen LogP contribution < -0.4 is 10.6 Å². The van der Waals surface area contributed by atoms with Gasteiger partial charge >= 0.3 is 0 Å². The van der Waals surface area contributed by atoms with E-state index in [9.17, 15) is 14.4 Å². The molecule has 7 heteroatoms. The van der Waals surface area contributed by atoms with Crippen molar-refractivity contribution in [1.29, 1.82) is 0 Å². The van der Waals surface area contributed by atoms with Crippen molar-refractivity contribution >= 4 is 17.6 Å². The Hall–Kier alpha value is -2.15. The van der Waals surface area contributed by atoms with Crippen LogP contribution >= 0.6 is 0 Å². The van der Waals surface area contributed by atoms with E-state index in [0.717, 1.165) is 0 Å². The molecule has 0 spiro atoms. The molecule has 1 aliphatic rings. The quantitative estimate of drug-likeness (QED) is 0.769. The van der Waals surface area contributed by atoms with Gasteiger partial charge in [0.15, 0.2) is 5.78 Å². The van der Waals surface area contributed by atoms with E-state index in [-0.39, 0.29) is 36.2 Å². The van der Waals surface area contributed by atoms with Crippen LogP contribution in [-0.4, -0.2) is 42.4 Å². The molecule has 26 heavy (non-hydrogen) atoms. The lowest BCUT2D eigenvalue weighted by molar-refractivity contribution is -0.127. The molecule has 2 heterocycles. The number of ether oxygens (including phenoxy) is 1. The summed E-state index contributed by atoms with van der Waals surface area (Å²) >= 11 is 0. The lowest BCUT2D eigenvalue weighted by atomic mass is 9.90. The van der Waals surface area contributed by atoms with Crippen molar-refractivity contribution in [2.75, 3.05) is 6.61 Å². The monoisotopic (exact) mass is 364 g/mol. The highest BCUT2D eigenvalue weighted by Gasteiger charge is 2.36. The van der Waals surface area contributed by atoms with Crippen LogP contribution in [0.3, 0.4) is 0 Å². The lowest BCUT2D eigenvalue weighted by Crippen LogP contribution is -2.53. The van der Waals surface area contributed by atoms with E-state index < -0.39 is 12.1 Å². The number of hydrogen-bond donors (Lipinski definition) is 2. The molecule has 0 radical (unpaired) electrons. The number of rotatable bonds is 7. The fourth-order valence-electron chi connectivity index (χ4n) is 2.85. The van der Waals surface area contributed by atoms with Gasteiger partial charge in [0.25, 0.3) is 5.91 Å². The normalized spacial score (nSPS) is 22.3. The number of hydrogen-bond acceptors (Lipinski definition) is 5. The van der Waals surface area contributed by atoms with Crippen LogP contribution in [-0.2, 0) is 14.3 Å². The van der Waals surface area contributed by atoms with Gasteiger partial charge in [0.2, 0.25) is 5.91 Å². The highest BCUT2D eigenvalue weighted by molar-refractivity contribution is 5.99. The summed E-state index contributed by atoms with van der Waals surface area (Å²) in [6, 6.07) is 0.156. The smallest absolute Gasteiger partial charge is 0.255 e. The largest absolute Gasteiger partial charge is 0.469 e. The maximum absolute atomic E-state index is 12.8. The summed E-state index contributed by atoms with van der Waals surface area (Å²) in [7, 11) is 0. The number of amides is 2. The molecule has 4 atom stereocenters. The highest BCUT2D eigenvalue weighted by Crippen LogP contribution is 2.18. The van der Waals surface area contributed by atoms with Crippen LogP contribution in [0.4, 0.5) is 0 Å². The Labute approximate surface area is 153 Å². The fourth-order valence-corrected chi connectivity index (χ4v) is 2.85. The summed E-state index contributed by atoms with van der Waals surface area (Å²) in [5.74, 6) is 0.167. The van der Waals surface area contributed by atoms with Crippen molar-refractivity contribution in [1.82, 2.24) is 10.6 Å². The summed E-state index contributed by atoms with van der Waals surface area (Å²) in [5, 5.41) is 5.52. The molecule has 1 aromatic rings. The fraction of sp³-hybridized carbons (Fsp3) is 0.632. The number of aryl methyl sites for hydroxylation is 1. The van der Waals surface area contributed by atoms with Crippen molar-refractivity contribution < 1.29 is 23.5 Å². The Morgan fingerprint density at radius 3 is 2.50 bits per heavy atom. The van der Waals surface area contributed by atoms with E-state index in [4.69, 9.17) is 9.15 Å². The Bertz CT molecular complexity index is 667. The molecule has 1 aliphatic heterocycles. The topological polar surface area (TPSA) is 97.6 Å². The van der Waals surface area contributed by atoms with Gasteiger partial charge in [0.05, 0.1) is 17.9 Å². The van der Waals surface area contributed by atoms with E-state index in [2.05, 4.69) is 24.5 Å². The predicted octanol–water partition coefficient (Wildman–Crippen LogP) is 1.84. The number of carbonyl (C=O) groups excluding carboxylic acids is 3. The minimum Gasteiger partial charge on any atom is -0.469 e. The van der Waals surface area contributed by atoms with E-state index in [0.29, 0.717) is 23.7 Å². The third-order valence-electron chi connectivity index (χ3n) is 5.07. The van der Waals surface area contributed by atoms with Crippen LogP contribution in [0.2, 0.25) is 0 Å². The maximum atomic E-state index is 12.8. The van der Waals surface area contributed by atoms with Gasteiger partial charge < -0.3 is 19.8 Å².